The Balaban J connectivity index is 1.88. The smallest absolute Gasteiger partial charge is 0.328 e. The number of rotatable bonds is 6. The summed E-state index contributed by atoms with van der Waals surface area (Å²) in [6, 6.07) is 15.2. The summed E-state index contributed by atoms with van der Waals surface area (Å²) in [7, 11) is 2.94. The first kappa shape index (κ1) is 18.5. The summed E-state index contributed by atoms with van der Waals surface area (Å²) in [6.45, 7) is 0. The minimum Gasteiger partial charge on any atom is -0.481 e. The molecular weight excluding hydrogens is 370 g/mol. The average Bonchev–Trinajstić information content (AvgIpc) is 2.69. The van der Waals surface area contributed by atoms with Crippen molar-refractivity contribution in [2.24, 2.45) is 0 Å². The van der Waals surface area contributed by atoms with Crippen molar-refractivity contribution in [3.63, 3.8) is 0 Å². The first-order valence-corrected chi connectivity index (χ1v) is 8.28. The molecule has 0 saturated heterocycles. The van der Waals surface area contributed by atoms with Crippen LogP contribution in [0.25, 0.3) is 0 Å². The summed E-state index contributed by atoms with van der Waals surface area (Å²) in [4.78, 5) is 20.9. The van der Waals surface area contributed by atoms with Crippen molar-refractivity contribution >= 4 is 23.2 Å². The summed E-state index contributed by atoms with van der Waals surface area (Å²) in [6.07, 6.45) is 0. The zero-order chi connectivity index (χ0) is 19.2. The molecule has 1 amide bonds. The maximum atomic E-state index is 12.7. The van der Waals surface area contributed by atoms with Gasteiger partial charge in [-0.25, -0.2) is 0 Å². The molecule has 3 rings (SSSR count). The maximum absolute atomic E-state index is 12.7. The molecule has 2 aromatic carbocycles. The number of carbonyl (C=O) groups is 1. The van der Waals surface area contributed by atoms with Gasteiger partial charge in [0.15, 0.2) is 0 Å². The van der Waals surface area contributed by atoms with Gasteiger partial charge in [-0.1, -0.05) is 35.9 Å². The van der Waals surface area contributed by atoms with Gasteiger partial charge in [-0.05, 0) is 24.3 Å². The molecule has 0 unspecified atom stereocenters. The van der Waals surface area contributed by atoms with Crippen molar-refractivity contribution in [2.75, 3.05) is 19.5 Å². The van der Waals surface area contributed by atoms with E-state index in [1.807, 2.05) is 0 Å². The molecule has 27 heavy (non-hydrogen) atoms. The molecule has 0 bridgehead atoms. The molecule has 0 saturated carbocycles. The van der Waals surface area contributed by atoms with Crippen LogP contribution in [0.3, 0.4) is 0 Å². The predicted molar refractivity (Wildman–Crippen MR) is 101 cm³/mol. The van der Waals surface area contributed by atoms with Crippen LogP contribution in [0, 0.1) is 0 Å². The minimum absolute atomic E-state index is 0.0100. The van der Waals surface area contributed by atoms with Crippen molar-refractivity contribution in [3.05, 3.63) is 65.2 Å². The van der Waals surface area contributed by atoms with Crippen LogP contribution in [0.4, 0.5) is 5.69 Å². The van der Waals surface area contributed by atoms with E-state index in [0.717, 1.165) is 0 Å². The Labute approximate surface area is 160 Å². The first-order valence-electron chi connectivity index (χ1n) is 7.90. The van der Waals surface area contributed by atoms with Crippen molar-refractivity contribution in [2.45, 2.75) is 0 Å². The Morgan fingerprint density at radius 1 is 0.963 bits per heavy atom. The molecule has 8 heteroatoms. The minimum atomic E-state index is -0.381. The summed E-state index contributed by atoms with van der Waals surface area (Å²) in [5.74, 6) is 0.440. The second kappa shape index (κ2) is 8.37. The summed E-state index contributed by atoms with van der Waals surface area (Å²) < 4.78 is 15.9. The third-order valence-electron chi connectivity index (χ3n) is 3.53. The van der Waals surface area contributed by atoms with E-state index in [9.17, 15) is 4.79 Å². The first-order chi connectivity index (χ1) is 13.1. The fourth-order valence-electron chi connectivity index (χ4n) is 2.23. The van der Waals surface area contributed by atoms with E-state index in [1.165, 1.54) is 20.3 Å². The summed E-state index contributed by atoms with van der Waals surface area (Å²) in [5.41, 5.74) is 0.793. The predicted octanol–water partition coefficient (Wildman–Crippen LogP) is 4.19. The van der Waals surface area contributed by atoms with Crippen molar-refractivity contribution in [1.82, 2.24) is 9.97 Å². The highest BCUT2D eigenvalue weighted by molar-refractivity contribution is 6.33. The third kappa shape index (κ3) is 4.45. The molecule has 1 aromatic heterocycles. The highest BCUT2D eigenvalue weighted by Crippen LogP contribution is 2.28. The molecule has 138 valence electrons. The lowest BCUT2D eigenvalue weighted by Gasteiger charge is -2.12. The molecular formula is C19H16ClN3O4. The molecule has 1 heterocycles. The fourth-order valence-corrected chi connectivity index (χ4v) is 2.42. The van der Waals surface area contributed by atoms with Gasteiger partial charge in [0, 0.05) is 0 Å². The topological polar surface area (TPSA) is 82.6 Å². The van der Waals surface area contributed by atoms with Crippen LogP contribution in [0.5, 0.6) is 23.5 Å². The Hall–Kier alpha value is -3.32. The lowest BCUT2D eigenvalue weighted by atomic mass is 10.2. The van der Waals surface area contributed by atoms with Gasteiger partial charge in [0.2, 0.25) is 11.8 Å². The van der Waals surface area contributed by atoms with E-state index in [-0.39, 0.29) is 29.4 Å². The molecule has 0 spiro atoms. The number of benzene rings is 2. The molecule has 1 N–H and O–H groups in total. The quantitative estimate of drug-likeness (QED) is 0.685. The van der Waals surface area contributed by atoms with Gasteiger partial charge < -0.3 is 19.5 Å². The van der Waals surface area contributed by atoms with Crippen LogP contribution < -0.4 is 19.5 Å². The normalized spacial score (nSPS) is 10.2. The van der Waals surface area contributed by atoms with Gasteiger partial charge in [-0.2, -0.15) is 9.97 Å². The highest BCUT2D eigenvalue weighted by Gasteiger charge is 2.16. The number of ether oxygens (including phenoxy) is 3. The van der Waals surface area contributed by atoms with Crippen molar-refractivity contribution in [1.29, 1.82) is 0 Å². The Morgan fingerprint density at radius 2 is 1.59 bits per heavy atom. The van der Waals surface area contributed by atoms with Gasteiger partial charge in [-0.3, -0.25) is 4.79 Å². The van der Waals surface area contributed by atoms with E-state index in [2.05, 4.69) is 15.3 Å². The lowest BCUT2D eigenvalue weighted by molar-refractivity contribution is 0.102. The fraction of sp³-hybridized carbons (Fsp3) is 0.105. The second-order valence-corrected chi connectivity index (χ2v) is 5.67. The average molecular weight is 386 g/mol. The van der Waals surface area contributed by atoms with E-state index < -0.39 is 0 Å². The van der Waals surface area contributed by atoms with Crippen LogP contribution in [0.15, 0.2) is 54.6 Å². The molecule has 0 atom stereocenters. The number of halogens is 1. The van der Waals surface area contributed by atoms with Crippen LogP contribution in [0.1, 0.15) is 10.4 Å². The van der Waals surface area contributed by atoms with Crippen LogP contribution >= 0.6 is 11.6 Å². The van der Waals surface area contributed by atoms with Crippen molar-refractivity contribution in [3.8, 4) is 23.5 Å². The summed E-state index contributed by atoms with van der Waals surface area (Å²) >= 11 is 6.10. The number of hydrogen-bond acceptors (Lipinski definition) is 6. The van der Waals surface area contributed by atoms with E-state index in [0.29, 0.717) is 16.3 Å². The number of aromatic nitrogens is 2. The highest BCUT2D eigenvalue weighted by atomic mass is 35.5. The number of nitrogens with one attached hydrogen (secondary N) is 1. The molecule has 0 radical (unpaired) electrons. The van der Waals surface area contributed by atoms with E-state index in [4.69, 9.17) is 25.8 Å². The second-order valence-electron chi connectivity index (χ2n) is 5.27. The zero-order valence-electron chi connectivity index (χ0n) is 14.6. The summed E-state index contributed by atoms with van der Waals surface area (Å²) in [5, 5.41) is 3.19. The molecule has 0 fully saturated rings. The zero-order valence-corrected chi connectivity index (χ0v) is 15.4. The number of methoxy groups -OCH3 is 2. The Kier molecular flexibility index (Phi) is 5.73. The number of anilines is 1. The van der Waals surface area contributed by atoms with Crippen LogP contribution in [-0.2, 0) is 0 Å². The standard InChI is InChI=1S/C19H16ClN3O4/c1-25-16-11-17(26-2)23-19(22-16)27-15-10-6-3-7-12(15)18(24)21-14-9-5-4-8-13(14)20/h3-11H,1-2H3,(H,21,24). The lowest BCUT2D eigenvalue weighted by Crippen LogP contribution is -2.13. The third-order valence-corrected chi connectivity index (χ3v) is 3.86. The number of nitrogens with zero attached hydrogens (tertiary/aromatic N) is 2. The molecule has 7 nitrogen and oxygen atoms in total. The molecule has 0 aliphatic heterocycles. The monoisotopic (exact) mass is 385 g/mol. The SMILES string of the molecule is COc1cc(OC)nc(Oc2ccccc2C(=O)Nc2ccccc2Cl)n1. The van der Waals surface area contributed by atoms with E-state index in [1.54, 1.807) is 48.5 Å². The Bertz CT molecular complexity index is 943. The maximum Gasteiger partial charge on any atom is 0.328 e. The largest absolute Gasteiger partial charge is 0.481 e. The van der Waals surface area contributed by atoms with E-state index >= 15 is 0 Å². The number of amides is 1. The van der Waals surface area contributed by atoms with Crippen molar-refractivity contribution < 1.29 is 19.0 Å². The number of hydrogen-bond donors (Lipinski definition) is 1. The van der Waals surface area contributed by atoms with Crippen LogP contribution in [0.2, 0.25) is 5.02 Å². The molecule has 0 aliphatic rings. The van der Waals surface area contributed by atoms with Gasteiger partial charge in [0.1, 0.15) is 5.75 Å². The van der Waals surface area contributed by atoms with Gasteiger partial charge in [0.05, 0.1) is 36.6 Å². The molecule has 3 aromatic rings. The molecule has 0 aliphatic carbocycles. The van der Waals surface area contributed by atoms with Gasteiger partial charge in [-0.15, -0.1) is 0 Å². The van der Waals surface area contributed by atoms with Gasteiger partial charge in [0.25, 0.3) is 5.91 Å². The number of para-hydroxylation sites is 2. The van der Waals surface area contributed by atoms with Gasteiger partial charge >= 0.3 is 6.01 Å². The van der Waals surface area contributed by atoms with Crippen LogP contribution in [-0.4, -0.2) is 30.1 Å². The number of carbonyl (C=O) groups excluding carboxylic acids is 1. The Morgan fingerprint density at radius 3 is 2.26 bits per heavy atom.